The molecule has 82 valence electrons. The van der Waals surface area contributed by atoms with Crippen LogP contribution in [0.25, 0.3) is 0 Å². The first-order valence-electron chi connectivity index (χ1n) is 5.02. The third-order valence-electron chi connectivity index (χ3n) is 2.50. The summed E-state index contributed by atoms with van der Waals surface area (Å²) in [6, 6.07) is 0. The van der Waals surface area contributed by atoms with E-state index in [1.165, 1.54) is 0 Å². The van der Waals surface area contributed by atoms with E-state index in [1.54, 1.807) is 12.4 Å². The van der Waals surface area contributed by atoms with E-state index in [0.717, 1.165) is 31.4 Å². The van der Waals surface area contributed by atoms with Crippen LogP contribution in [0.4, 0.5) is 5.82 Å². The molecular formula is C10H15ClN4. The van der Waals surface area contributed by atoms with Gasteiger partial charge in [0.15, 0.2) is 0 Å². The van der Waals surface area contributed by atoms with Crippen LogP contribution in [0.5, 0.6) is 0 Å². The van der Waals surface area contributed by atoms with E-state index in [-0.39, 0.29) is 0 Å². The summed E-state index contributed by atoms with van der Waals surface area (Å²) in [6.07, 6.45) is 3.32. The molecular weight excluding hydrogens is 212 g/mol. The van der Waals surface area contributed by atoms with Crippen molar-refractivity contribution >= 4 is 17.4 Å². The number of hydrogen-bond acceptors (Lipinski definition) is 4. The fourth-order valence-corrected chi connectivity index (χ4v) is 2.02. The van der Waals surface area contributed by atoms with E-state index < -0.39 is 0 Å². The standard InChI is InChI=1S/C10H15ClN4/c1-14(2)5-8-6-15(7-8)10-4-12-3-9(11)13-10/h3-4,8H,5-7H2,1-2H3. The van der Waals surface area contributed by atoms with Crippen LogP contribution < -0.4 is 4.90 Å². The molecule has 5 heteroatoms. The smallest absolute Gasteiger partial charge is 0.149 e. The Labute approximate surface area is 94.9 Å². The van der Waals surface area contributed by atoms with Crippen molar-refractivity contribution in [2.45, 2.75) is 0 Å². The second-order valence-corrected chi connectivity index (χ2v) is 4.62. The topological polar surface area (TPSA) is 32.3 Å². The Morgan fingerprint density at radius 3 is 2.80 bits per heavy atom. The number of rotatable bonds is 3. The number of halogens is 1. The van der Waals surface area contributed by atoms with E-state index in [4.69, 9.17) is 11.6 Å². The normalized spacial score (nSPS) is 16.9. The lowest BCUT2D eigenvalue weighted by atomic mass is 10.00. The van der Waals surface area contributed by atoms with Crippen LogP contribution in [0.15, 0.2) is 12.4 Å². The first-order valence-corrected chi connectivity index (χ1v) is 5.40. The van der Waals surface area contributed by atoms with Gasteiger partial charge in [0.1, 0.15) is 11.0 Å². The van der Waals surface area contributed by atoms with E-state index in [0.29, 0.717) is 5.15 Å². The van der Waals surface area contributed by atoms with Gasteiger partial charge in [0, 0.05) is 25.6 Å². The Balaban J connectivity index is 1.89. The Hall–Kier alpha value is -0.870. The highest BCUT2D eigenvalue weighted by Gasteiger charge is 2.28. The highest BCUT2D eigenvalue weighted by molar-refractivity contribution is 6.29. The summed E-state index contributed by atoms with van der Waals surface area (Å²) < 4.78 is 0. The fourth-order valence-electron chi connectivity index (χ4n) is 1.87. The summed E-state index contributed by atoms with van der Waals surface area (Å²) in [5.74, 6) is 1.62. The van der Waals surface area contributed by atoms with Gasteiger partial charge in [-0.25, -0.2) is 4.98 Å². The molecule has 1 saturated heterocycles. The van der Waals surface area contributed by atoms with Crippen molar-refractivity contribution in [3.63, 3.8) is 0 Å². The van der Waals surface area contributed by atoms with Gasteiger partial charge in [0.25, 0.3) is 0 Å². The predicted octanol–water partition coefficient (Wildman–Crippen LogP) is 1.13. The van der Waals surface area contributed by atoms with Crippen LogP contribution in [-0.2, 0) is 0 Å². The van der Waals surface area contributed by atoms with Crippen molar-refractivity contribution in [1.82, 2.24) is 14.9 Å². The van der Waals surface area contributed by atoms with Crippen molar-refractivity contribution in [2.75, 3.05) is 38.6 Å². The lowest BCUT2D eigenvalue weighted by molar-refractivity contribution is 0.282. The number of nitrogens with zero attached hydrogens (tertiary/aromatic N) is 4. The van der Waals surface area contributed by atoms with Gasteiger partial charge < -0.3 is 9.80 Å². The maximum atomic E-state index is 5.78. The summed E-state index contributed by atoms with van der Waals surface area (Å²) in [5, 5.41) is 0.462. The van der Waals surface area contributed by atoms with Crippen molar-refractivity contribution < 1.29 is 0 Å². The van der Waals surface area contributed by atoms with E-state index in [9.17, 15) is 0 Å². The average molecular weight is 227 g/mol. The van der Waals surface area contributed by atoms with Crippen LogP contribution in [0.2, 0.25) is 5.15 Å². The van der Waals surface area contributed by atoms with Gasteiger partial charge in [-0.05, 0) is 14.1 Å². The highest BCUT2D eigenvalue weighted by atomic mass is 35.5. The zero-order valence-corrected chi connectivity index (χ0v) is 9.78. The lowest BCUT2D eigenvalue weighted by Gasteiger charge is -2.41. The monoisotopic (exact) mass is 226 g/mol. The molecule has 0 atom stereocenters. The van der Waals surface area contributed by atoms with Gasteiger partial charge in [0.2, 0.25) is 0 Å². The zero-order chi connectivity index (χ0) is 10.8. The van der Waals surface area contributed by atoms with Crippen LogP contribution >= 0.6 is 11.6 Å². The Bertz CT molecular complexity index is 336. The molecule has 0 amide bonds. The molecule has 1 aromatic heterocycles. The summed E-state index contributed by atoms with van der Waals surface area (Å²) in [7, 11) is 4.20. The predicted molar refractivity (Wildman–Crippen MR) is 61.3 cm³/mol. The highest BCUT2D eigenvalue weighted by Crippen LogP contribution is 2.23. The fraction of sp³-hybridized carbons (Fsp3) is 0.600. The third-order valence-corrected chi connectivity index (χ3v) is 2.68. The van der Waals surface area contributed by atoms with Crippen LogP contribution in [0, 0.1) is 5.92 Å². The summed E-state index contributed by atoms with van der Waals surface area (Å²) in [6.45, 7) is 3.23. The minimum absolute atomic E-state index is 0.462. The Kier molecular flexibility index (Phi) is 3.07. The van der Waals surface area contributed by atoms with Crippen LogP contribution in [0.1, 0.15) is 0 Å². The minimum atomic E-state index is 0.462. The van der Waals surface area contributed by atoms with E-state index in [1.807, 2.05) is 0 Å². The molecule has 1 fully saturated rings. The molecule has 1 aliphatic rings. The van der Waals surface area contributed by atoms with Crippen molar-refractivity contribution in [3.8, 4) is 0 Å². The zero-order valence-electron chi connectivity index (χ0n) is 9.02. The van der Waals surface area contributed by atoms with E-state index in [2.05, 4.69) is 33.9 Å². The molecule has 0 N–H and O–H groups in total. The molecule has 4 nitrogen and oxygen atoms in total. The molecule has 15 heavy (non-hydrogen) atoms. The molecule has 0 spiro atoms. The number of aromatic nitrogens is 2. The maximum absolute atomic E-state index is 5.78. The molecule has 0 aromatic carbocycles. The summed E-state index contributed by atoms with van der Waals surface area (Å²) >= 11 is 5.78. The largest absolute Gasteiger partial charge is 0.355 e. The lowest BCUT2D eigenvalue weighted by Crippen LogP contribution is -2.51. The van der Waals surface area contributed by atoms with Gasteiger partial charge >= 0.3 is 0 Å². The van der Waals surface area contributed by atoms with Crippen LogP contribution in [0.3, 0.4) is 0 Å². The average Bonchev–Trinajstić information content (AvgIpc) is 2.10. The summed E-state index contributed by atoms with van der Waals surface area (Å²) in [5.41, 5.74) is 0. The van der Waals surface area contributed by atoms with Gasteiger partial charge in [0.05, 0.1) is 12.4 Å². The maximum Gasteiger partial charge on any atom is 0.149 e. The first kappa shape index (κ1) is 10.6. The number of anilines is 1. The second kappa shape index (κ2) is 4.33. The quantitative estimate of drug-likeness (QED) is 0.774. The molecule has 2 rings (SSSR count). The molecule has 1 aromatic rings. The third kappa shape index (κ3) is 2.58. The van der Waals surface area contributed by atoms with Gasteiger partial charge in [-0.2, -0.15) is 0 Å². The minimum Gasteiger partial charge on any atom is -0.355 e. The molecule has 0 unspecified atom stereocenters. The van der Waals surface area contributed by atoms with Gasteiger partial charge in [-0.3, -0.25) is 4.98 Å². The summed E-state index contributed by atoms with van der Waals surface area (Å²) in [4.78, 5) is 12.7. The number of hydrogen-bond donors (Lipinski definition) is 0. The molecule has 0 aliphatic carbocycles. The van der Waals surface area contributed by atoms with Gasteiger partial charge in [-0.15, -0.1) is 0 Å². The molecule has 0 radical (unpaired) electrons. The van der Waals surface area contributed by atoms with Crippen molar-refractivity contribution in [3.05, 3.63) is 17.5 Å². The van der Waals surface area contributed by atoms with E-state index >= 15 is 0 Å². The molecule has 0 bridgehead atoms. The van der Waals surface area contributed by atoms with Gasteiger partial charge in [-0.1, -0.05) is 11.6 Å². The first-order chi connectivity index (χ1) is 7.15. The molecule has 2 heterocycles. The molecule has 0 saturated carbocycles. The van der Waals surface area contributed by atoms with Crippen molar-refractivity contribution in [1.29, 1.82) is 0 Å². The second-order valence-electron chi connectivity index (χ2n) is 4.23. The Morgan fingerprint density at radius 2 is 2.20 bits per heavy atom. The van der Waals surface area contributed by atoms with Crippen molar-refractivity contribution in [2.24, 2.45) is 5.92 Å². The SMILES string of the molecule is CN(C)CC1CN(c2cncc(Cl)n2)C1. The van der Waals surface area contributed by atoms with Crippen LogP contribution in [-0.4, -0.2) is 48.6 Å². The molecule has 1 aliphatic heterocycles. The Morgan fingerprint density at radius 1 is 1.47 bits per heavy atom.